The molecule has 34 heavy (non-hydrogen) atoms. The van der Waals surface area contributed by atoms with Crippen LogP contribution in [0.2, 0.25) is 0 Å². The van der Waals surface area contributed by atoms with Gasteiger partial charge in [0.05, 0.1) is 12.1 Å². The fourth-order valence-electron chi connectivity index (χ4n) is 2.69. The molecule has 4 N–H and O–H groups in total. The Labute approximate surface area is 197 Å². The summed E-state index contributed by atoms with van der Waals surface area (Å²) in [5, 5.41) is 27.2. The second-order valence-electron chi connectivity index (χ2n) is 8.06. The summed E-state index contributed by atoms with van der Waals surface area (Å²) < 4.78 is 10.4. The van der Waals surface area contributed by atoms with Gasteiger partial charge in [-0.05, 0) is 51.0 Å². The first-order valence-electron chi connectivity index (χ1n) is 10.5. The van der Waals surface area contributed by atoms with Gasteiger partial charge < -0.3 is 20.9 Å². The lowest BCUT2D eigenvalue weighted by Crippen LogP contribution is -2.26. The molecule has 2 atom stereocenters. The number of nitriles is 2. The van der Waals surface area contributed by atoms with E-state index in [9.17, 15) is 20.1 Å². The lowest BCUT2D eigenvalue weighted by Gasteiger charge is -2.19. The molecular formula is C24H26N6O4. The van der Waals surface area contributed by atoms with Crippen molar-refractivity contribution in [3.63, 3.8) is 0 Å². The Morgan fingerprint density at radius 1 is 0.824 bits per heavy atom. The second kappa shape index (κ2) is 11.4. The van der Waals surface area contributed by atoms with E-state index in [1.807, 2.05) is 12.1 Å². The third kappa shape index (κ3) is 8.24. The van der Waals surface area contributed by atoms with Gasteiger partial charge in [0.15, 0.2) is 11.1 Å². The smallest absolute Gasteiger partial charge is 0.311 e. The summed E-state index contributed by atoms with van der Waals surface area (Å²) in [5.41, 5.74) is 9.49. The van der Waals surface area contributed by atoms with Crippen LogP contribution >= 0.6 is 0 Å². The molecule has 0 fully saturated rings. The number of nitrogens with zero attached hydrogens (tertiary/aromatic N) is 4. The van der Waals surface area contributed by atoms with Gasteiger partial charge in [0.1, 0.15) is 11.5 Å². The van der Waals surface area contributed by atoms with Crippen molar-refractivity contribution in [2.45, 2.75) is 50.6 Å². The molecule has 10 heteroatoms. The maximum atomic E-state index is 12.1. The number of hydrogen-bond acceptors (Lipinski definition) is 10. The Balaban J connectivity index is 1.93. The number of ether oxygens (including phenoxy) is 2. The predicted octanol–water partition coefficient (Wildman–Crippen LogP) is 3.94. The Hall–Kier alpha value is -4.44. The lowest BCUT2D eigenvalue weighted by molar-refractivity contribution is -0.135. The third-order valence-electron chi connectivity index (χ3n) is 4.78. The average Bonchev–Trinajstić information content (AvgIpc) is 2.80. The van der Waals surface area contributed by atoms with Crippen LogP contribution in [0, 0.1) is 22.7 Å². The molecule has 176 valence electrons. The lowest BCUT2D eigenvalue weighted by atomic mass is 9.97. The van der Waals surface area contributed by atoms with Gasteiger partial charge in [-0.3, -0.25) is 9.59 Å². The molecule has 10 nitrogen and oxygen atoms in total. The highest BCUT2D eigenvalue weighted by Crippen LogP contribution is 2.25. The van der Waals surface area contributed by atoms with E-state index in [0.717, 1.165) is 0 Å². The number of azo groups is 1. The molecule has 2 unspecified atom stereocenters. The molecule has 0 amide bonds. The molecule has 0 aromatic heterocycles. The van der Waals surface area contributed by atoms with E-state index >= 15 is 0 Å². The highest BCUT2D eigenvalue weighted by atomic mass is 16.5. The number of rotatable bonds is 10. The summed E-state index contributed by atoms with van der Waals surface area (Å²) in [5.74, 6) is -0.524. The molecule has 0 aliphatic rings. The van der Waals surface area contributed by atoms with Crippen LogP contribution in [0.3, 0.4) is 0 Å². The van der Waals surface area contributed by atoms with Gasteiger partial charge >= 0.3 is 11.9 Å². The molecule has 2 aromatic rings. The van der Waals surface area contributed by atoms with Crippen molar-refractivity contribution in [2.75, 3.05) is 11.5 Å². The average molecular weight is 463 g/mol. The number of nitrogen functional groups attached to an aromatic ring is 2. The Bertz CT molecular complexity index is 1060. The maximum absolute atomic E-state index is 12.1. The number of benzene rings is 2. The molecule has 0 aliphatic carbocycles. The minimum Gasteiger partial charge on any atom is -0.426 e. The fourth-order valence-corrected chi connectivity index (χ4v) is 2.69. The molecule has 0 saturated carbocycles. The molecule has 0 heterocycles. The SMILES string of the molecule is CC(C#N)(CCC(=O)Oc1cccc(N)c1)N=NC(C)(C#N)CCC(=O)Oc1cccc(N)c1. The summed E-state index contributed by atoms with van der Waals surface area (Å²) in [4.78, 5) is 24.3. The zero-order chi connectivity index (χ0) is 25.2. The topological polar surface area (TPSA) is 177 Å². The normalized spacial score (nSPS) is 14.2. The van der Waals surface area contributed by atoms with Crippen LogP contribution in [0.5, 0.6) is 11.5 Å². The highest BCUT2D eigenvalue weighted by Gasteiger charge is 2.30. The van der Waals surface area contributed by atoms with E-state index in [1.165, 1.54) is 26.0 Å². The van der Waals surface area contributed by atoms with E-state index < -0.39 is 23.0 Å². The third-order valence-corrected chi connectivity index (χ3v) is 4.78. The number of carbonyl (C=O) groups excluding carboxylic acids is 2. The van der Waals surface area contributed by atoms with Crippen molar-refractivity contribution >= 4 is 23.3 Å². The zero-order valence-electron chi connectivity index (χ0n) is 19.0. The molecule has 2 rings (SSSR count). The first kappa shape index (κ1) is 25.8. The summed E-state index contributed by atoms with van der Waals surface area (Å²) in [7, 11) is 0. The van der Waals surface area contributed by atoms with Crippen LogP contribution in [-0.4, -0.2) is 23.0 Å². The molecule has 2 aromatic carbocycles. The molecule has 0 spiro atoms. The minimum absolute atomic E-state index is 0.0210. The first-order valence-corrected chi connectivity index (χ1v) is 10.5. The number of anilines is 2. The largest absolute Gasteiger partial charge is 0.426 e. The van der Waals surface area contributed by atoms with Gasteiger partial charge in [0.2, 0.25) is 0 Å². The van der Waals surface area contributed by atoms with Gasteiger partial charge in [0, 0.05) is 36.3 Å². The minimum atomic E-state index is -1.37. The molecular weight excluding hydrogens is 436 g/mol. The Kier molecular flexibility index (Phi) is 8.68. The number of hydrogen-bond donors (Lipinski definition) is 2. The van der Waals surface area contributed by atoms with Crippen molar-refractivity contribution < 1.29 is 19.1 Å². The van der Waals surface area contributed by atoms with Gasteiger partial charge in [0.25, 0.3) is 0 Å². The summed E-state index contributed by atoms with van der Waals surface area (Å²) in [6, 6.07) is 16.8. The predicted molar refractivity (Wildman–Crippen MR) is 124 cm³/mol. The van der Waals surface area contributed by atoms with E-state index in [4.69, 9.17) is 20.9 Å². The van der Waals surface area contributed by atoms with Gasteiger partial charge in [-0.25, -0.2) is 0 Å². The van der Waals surface area contributed by atoms with E-state index in [2.05, 4.69) is 10.2 Å². The number of carbonyl (C=O) groups is 2. The molecule has 0 aliphatic heterocycles. The van der Waals surface area contributed by atoms with Crippen LogP contribution in [0.4, 0.5) is 11.4 Å². The van der Waals surface area contributed by atoms with Crippen molar-refractivity contribution in [1.82, 2.24) is 0 Å². The number of esters is 2. The van der Waals surface area contributed by atoms with Crippen molar-refractivity contribution in [1.29, 1.82) is 10.5 Å². The summed E-state index contributed by atoms with van der Waals surface area (Å²) in [6.45, 7) is 2.99. The Morgan fingerprint density at radius 3 is 1.53 bits per heavy atom. The van der Waals surface area contributed by atoms with Crippen LogP contribution < -0.4 is 20.9 Å². The fraction of sp³-hybridized carbons (Fsp3) is 0.333. The second-order valence-corrected chi connectivity index (χ2v) is 8.06. The van der Waals surface area contributed by atoms with Crippen LogP contribution in [0.15, 0.2) is 58.8 Å². The number of nitrogens with two attached hydrogens (primary N) is 2. The van der Waals surface area contributed by atoms with Crippen molar-refractivity contribution in [3.8, 4) is 23.6 Å². The zero-order valence-corrected chi connectivity index (χ0v) is 19.0. The quantitative estimate of drug-likeness (QED) is 0.231. The maximum Gasteiger partial charge on any atom is 0.311 e. The van der Waals surface area contributed by atoms with Crippen LogP contribution in [0.25, 0.3) is 0 Å². The summed E-state index contributed by atoms with van der Waals surface area (Å²) in [6.07, 6.45) is -0.165. The van der Waals surface area contributed by atoms with E-state index in [1.54, 1.807) is 36.4 Å². The van der Waals surface area contributed by atoms with Gasteiger partial charge in [-0.1, -0.05) is 12.1 Å². The first-order chi connectivity index (χ1) is 16.1. The summed E-state index contributed by atoms with van der Waals surface area (Å²) >= 11 is 0. The van der Waals surface area contributed by atoms with Crippen LogP contribution in [0.1, 0.15) is 39.5 Å². The molecule has 0 radical (unpaired) electrons. The Morgan fingerprint density at radius 2 is 1.21 bits per heavy atom. The standard InChI is InChI=1S/C24H26N6O4/c1-23(15-25,11-9-21(31)33-19-7-3-5-17(27)13-19)29-30-24(2,16-26)12-10-22(32)34-20-8-4-6-18(28)14-20/h3-8,13-14H,9-12,27-28H2,1-2H3. The van der Waals surface area contributed by atoms with E-state index in [-0.39, 0.29) is 25.7 Å². The van der Waals surface area contributed by atoms with Gasteiger partial charge in [-0.15, -0.1) is 0 Å². The monoisotopic (exact) mass is 462 g/mol. The molecule has 0 bridgehead atoms. The van der Waals surface area contributed by atoms with E-state index in [0.29, 0.717) is 22.9 Å². The molecule has 0 saturated heterocycles. The van der Waals surface area contributed by atoms with Crippen LogP contribution in [-0.2, 0) is 9.59 Å². The highest BCUT2D eigenvalue weighted by molar-refractivity contribution is 5.73. The van der Waals surface area contributed by atoms with Crippen molar-refractivity contribution in [3.05, 3.63) is 48.5 Å². The van der Waals surface area contributed by atoms with Crippen molar-refractivity contribution in [2.24, 2.45) is 10.2 Å². The van der Waals surface area contributed by atoms with Gasteiger partial charge in [-0.2, -0.15) is 20.8 Å².